The molecular weight excluding hydrogens is 246 g/mol. The van der Waals surface area contributed by atoms with E-state index in [1.807, 2.05) is 0 Å². The molecule has 2 heteroatoms. The predicted molar refractivity (Wildman–Crippen MR) is 83.5 cm³/mol. The Labute approximate surface area is 123 Å². The molecule has 20 heavy (non-hydrogen) atoms. The van der Waals surface area contributed by atoms with Crippen LogP contribution in [0.3, 0.4) is 0 Å². The monoisotopic (exact) mass is 273 g/mol. The van der Waals surface area contributed by atoms with Gasteiger partial charge in [0.1, 0.15) is 5.75 Å². The molecule has 0 spiro atoms. The van der Waals surface area contributed by atoms with Gasteiger partial charge in [-0.25, -0.2) is 0 Å². The molecule has 2 nitrogen and oxygen atoms in total. The zero-order valence-electron chi connectivity index (χ0n) is 13.1. The molecule has 1 aromatic carbocycles. The van der Waals surface area contributed by atoms with Crippen LogP contribution in [0.4, 0.5) is 0 Å². The first-order valence-corrected chi connectivity index (χ1v) is 8.07. The number of ether oxygens (including phenoxy) is 1. The van der Waals surface area contributed by atoms with E-state index < -0.39 is 0 Å². The van der Waals surface area contributed by atoms with Gasteiger partial charge in [-0.05, 0) is 88.7 Å². The number of hydrogen-bond acceptors (Lipinski definition) is 2. The Balaban J connectivity index is 1.69. The fourth-order valence-corrected chi connectivity index (χ4v) is 3.41. The van der Waals surface area contributed by atoms with Crippen molar-refractivity contribution in [1.29, 1.82) is 0 Å². The van der Waals surface area contributed by atoms with E-state index in [1.165, 1.54) is 49.7 Å². The van der Waals surface area contributed by atoms with Gasteiger partial charge < -0.3 is 9.64 Å². The molecule has 0 saturated heterocycles. The minimum absolute atomic E-state index is 0.495. The number of rotatable bonds is 4. The SMILES string of the molecule is Cc1ccc(OC2CC2)cc1C1CCC(N(C)C)CC1. The highest BCUT2D eigenvalue weighted by Gasteiger charge is 2.26. The summed E-state index contributed by atoms with van der Waals surface area (Å²) in [6, 6.07) is 7.47. The molecule has 2 fully saturated rings. The quantitative estimate of drug-likeness (QED) is 0.818. The van der Waals surface area contributed by atoms with Crippen LogP contribution in [0.15, 0.2) is 18.2 Å². The molecule has 0 aliphatic heterocycles. The lowest BCUT2D eigenvalue weighted by Gasteiger charge is -2.33. The average Bonchev–Trinajstić information content (AvgIpc) is 3.25. The van der Waals surface area contributed by atoms with E-state index in [4.69, 9.17) is 4.74 Å². The van der Waals surface area contributed by atoms with Gasteiger partial charge in [0.25, 0.3) is 0 Å². The number of aryl methyl sites for hydroxylation is 1. The highest BCUT2D eigenvalue weighted by molar-refractivity contribution is 5.37. The summed E-state index contributed by atoms with van der Waals surface area (Å²) < 4.78 is 5.96. The van der Waals surface area contributed by atoms with Crippen molar-refractivity contribution < 1.29 is 4.74 Å². The van der Waals surface area contributed by atoms with Crippen molar-refractivity contribution in [2.24, 2.45) is 0 Å². The maximum atomic E-state index is 5.96. The van der Waals surface area contributed by atoms with Gasteiger partial charge in [-0.2, -0.15) is 0 Å². The zero-order valence-corrected chi connectivity index (χ0v) is 13.1. The van der Waals surface area contributed by atoms with Crippen LogP contribution in [0.2, 0.25) is 0 Å². The van der Waals surface area contributed by atoms with E-state index in [9.17, 15) is 0 Å². The molecule has 2 saturated carbocycles. The predicted octanol–water partition coefficient (Wildman–Crippen LogP) is 4.12. The second-order valence-electron chi connectivity index (χ2n) is 6.80. The van der Waals surface area contributed by atoms with Crippen LogP contribution < -0.4 is 4.74 Å². The van der Waals surface area contributed by atoms with Gasteiger partial charge in [0.05, 0.1) is 6.10 Å². The molecule has 0 unspecified atom stereocenters. The Hall–Kier alpha value is -1.02. The summed E-state index contributed by atoms with van der Waals surface area (Å²) in [5, 5.41) is 0. The average molecular weight is 273 g/mol. The van der Waals surface area contributed by atoms with Crippen molar-refractivity contribution in [3.8, 4) is 5.75 Å². The number of benzene rings is 1. The molecule has 0 aromatic heterocycles. The molecule has 0 atom stereocenters. The first kappa shape index (κ1) is 13.9. The summed E-state index contributed by atoms with van der Waals surface area (Å²) in [4.78, 5) is 2.38. The van der Waals surface area contributed by atoms with Gasteiger partial charge in [0, 0.05) is 6.04 Å². The molecule has 1 aromatic rings. The molecule has 2 aliphatic carbocycles. The highest BCUT2D eigenvalue weighted by Crippen LogP contribution is 2.38. The highest BCUT2D eigenvalue weighted by atomic mass is 16.5. The second-order valence-corrected chi connectivity index (χ2v) is 6.80. The van der Waals surface area contributed by atoms with Crippen LogP contribution in [-0.4, -0.2) is 31.1 Å². The van der Waals surface area contributed by atoms with E-state index in [1.54, 1.807) is 0 Å². The van der Waals surface area contributed by atoms with Crippen LogP contribution in [0.25, 0.3) is 0 Å². The first-order valence-electron chi connectivity index (χ1n) is 8.07. The van der Waals surface area contributed by atoms with E-state index in [2.05, 4.69) is 44.1 Å². The Bertz CT molecular complexity index is 456. The lowest BCUT2D eigenvalue weighted by Crippen LogP contribution is -2.31. The van der Waals surface area contributed by atoms with Gasteiger partial charge in [0.2, 0.25) is 0 Å². The minimum atomic E-state index is 0.495. The number of hydrogen-bond donors (Lipinski definition) is 0. The van der Waals surface area contributed by atoms with Crippen molar-refractivity contribution in [3.63, 3.8) is 0 Å². The standard InChI is InChI=1S/C18H27NO/c1-13-4-9-17(20-16-10-11-16)12-18(13)14-5-7-15(8-6-14)19(2)3/h4,9,12,14-16H,5-8,10-11H2,1-3H3. The summed E-state index contributed by atoms with van der Waals surface area (Å²) in [6.07, 6.45) is 8.24. The van der Waals surface area contributed by atoms with Gasteiger partial charge in [0.15, 0.2) is 0 Å². The zero-order chi connectivity index (χ0) is 14.1. The van der Waals surface area contributed by atoms with Gasteiger partial charge in [-0.3, -0.25) is 0 Å². The second kappa shape index (κ2) is 5.77. The molecule has 0 amide bonds. The van der Waals surface area contributed by atoms with Gasteiger partial charge in [-0.1, -0.05) is 6.07 Å². The molecule has 2 aliphatic rings. The molecule has 110 valence electrons. The molecule has 0 N–H and O–H groups in total. The van der Waals surface area contributed by atoms with Crippen LogP contribution >= 0.6 is 0 Å². The largest absolute Gasteiger partial charge is 0.490 e. The fourth-order valence-electron chi connectivity index (χ4n) is 3.41. The lowest BCUT2D eigenvalue weighted by molar-refractivity contribution is 0.216. The molecule has 3 rings (SSSR count). The van der Waals surface area contributed by atoms with Crippen molar-refractivity contribution >= 4 is 0 Å². The summed E-state index contributed by atoms with van der Waals surface area (Å²) >= 11 is 0. The smallest absolute Gasteiger partial charge is 0.120 e. The third kappa shape index (κ3) is 3.17. The Kier molecular flexibility index (Phi) is 4.02. The van der Waals surface area contributed by atoms with Crippen LogP contribution in [0.5, 0.6) is 5.75 Å². The molecule has 0 radical (unpaired) electrons. The Morgan fingerprint density at radius 1 is 1.00 bits per heavy atom. The molecular formula is C18H27NO. The van der Waals surface area contributed by atoms with Crippen LogP contribution in [0, 0.1) is 6.92 Å². The summed E-state index contributed by atoms with van der Waals surface area (Å²) in [5.74, 6) is 1.82. The van der Waals surface area contributed by atoms with Gasteiger partial charge >= 0.3 is 0 Å². The van der Waals surface area contributed by atoms with E-state index in [-0.39, 0.29) is 0 Å². The Morgan fingerprint density at radius 3 is 2.30 bits per heavy atom. The normalized spacial score (nSPS) is 26.8. The van der Waals surface area contributed by atoms with Crippen LogP contribution in [0.1, 0.15) is 55.6 Å². The summed E-state index contributed by atoms with van der Waals surface area (Å²) in [5.41, 5.74) is 2.96. The fraction of sp³-hybridized carbons (Fsp3) is 0.667. The van der Waals surface area contributed by atoms with Crippen LogP contribution in [-0.2, 0) is 0 Å². The molecule has 0 heterocycles. The van der Waals surface area contributed by atoms with E-state index in [0.29, 0.717) is 6.10 Å². The third-order valence-corrected chi connectivity index (χ3v) is 4.94. The van der Waals surface area contributed by atoms with Crippen molar-refractivity contribution in [2.75, 3.05) is 14.1 Å². The maximum Gasteiger partial charge on any atom is 0.120 e. The third-order valence-electron chi connectivity index (χ3n) is 4.94. The summed E-state index contributed by atoms with van der Waals surface area (Å²) in [6.45, 7) is 2.24. The van der Waals surface area contributed by atoms with Gasteiger partial charge in [-0.15, -0.1) is 0 Å². The van der Waals surface area contributed by atoms with Crippen molar-refractivity contribution in [2.45, 2.75) is 63.5 Å². The Morgan fingerprint density at radius 2 is 1.70 bits per heavy atom. The first-order chi connectivity index (χ1) is 9.63. The molecule has 0 bridgehead atoms. The van der Waals surface area contributed by atoms with E-state index in [0.717, 1.165) is 17.7 Å². The number of nitrogens with zero attached hydrogens (tertiary/aromatic N) is 1. The summed E-state index contributed by atoms with van der Waals surface area (Å²) in [7, 11) is 4.42. The maximum absolute atomic E-state index is 5.96. The topological polar surface area (TPSA) is 12.5 Å². The van der Waals surface area contributed by atoms with Crippen molar-refractivity contribution in [3.05, 3.63) is 29.3 Å². The minimum Gasteiger partial charge on any atom is -0.490 e. The van der Waals surface area contributed by atoms with E-state index >= 15 is 0 Å². The lowest BCUT2D eigenvalue weighted by atomic mass is 9.80. The van der Waals surface area contributed by atoms with Crippen molar-refractivity contribution in [1.82, 2.24) is 4.90 Å².